The second kappa shape index (κ2) is 9.17. The molecule has 0 bridgehead atoms. The van der Waals surface area contributed by atoms with Gasteiger partial charge in [0.25, 0.3) is 0 Å². The smallest absolute Gasteiger partial charge is 0.133 e. The fourth-order valence-electron chi connectivity index (χ4n) is 3.91. The molecule has 0 unspecified atom stereocenters. The molecule has 0 aliphatic heterocycles. The van der Waals surface area contributed by atoms with Crippen molar-refractivity contribution >= 4 is 10.8 Å². The van der Waals surface area contributed by atoms with Crippen LogP contribution >= 0.6 is 0 Å². The van der Waals surface area contributed by atoms with Crippen molar-refractivity contribution in [1.29, 1.82) is 0 Å². The molecule has 0 atom stereocenters. The van der Waals surface area contributed by atoms with Crippen LogP contribution < -0.4 is 0 Å². The van der Waals surface area contributed by atoms with E-state index < -0.39 is 0 Å². The van der Waals surface area contributed by atoms with Gasteiger partial charge < -0.3 is 0 Å². The number of benzene rings is 3. The predicted octanol–water partition coefficient (Wildman–Crippen LogP) is 7.97. The number of unbranched alkanes of at least 4 members (excludes halogenated alkanes) is 3. The summed E-state index contributed by atoms with van der Waals surface area (Å²) in [7, 11) is 0. The molecule has 152 valence electrons. The molecule has 4 aromatic rings. The van der Waals surface area contributed by atoms with Crippen molar-refractivity contribution in [3.05, 3.63) is 90.1 Å². The largest absolute Gasteiger partial charge is 0.255 e. The Bertz CT molecular complexity index is 1140. The molecule has 1 nitrogen and oxygen atoms in total. The van der Waals surface area contributed by atoms with Crippen LogP contribution in [0.25, 0.3) is 33.2 Å². The fourth-order valence-corrected chi connectivity index (χ4v) is 3.91. The van der Waals surface area contributed by atoms with Gasteiger partial charge in [-0.05, 0) is 59.7 Å². The van der Waals surface area contributed by atoms with Crippen LogP contribution in [0.3, 0.4) is 0 Å². The summed E-state index contributed by atoms with van der Waals surface area (Å²) < 4.78 is 29.2. The van der Waals surface area contributed by atoms with Crippen molar-refractivity contribution < 1.29 is 8.78 Å². The first-order chi connectivity index (χ1) is 14.7. The van der Waals surface area contributed by atoms with Crippen molar-refractivity contribution in [2.75, 3.05) is 0 Å². The topological polar surface area (TPSA) is 12.9 Å². The molecule has 0 N–H and O–H groups in total. The lowest BCUT2D eigenvalue weighted by atomic mass is 9.97. The normalized spacial score (nSPS) is 11.2. The summed E-state index contributed by atoms with van der Waals surface area (Å²) >= 11 is 0. The van der Waals surface area contributed by atoms with Crippen LogP contribution in [0.5, 0.6) is 0 Å². The van der Waals surface area contributed by atoms with Gasteiger partial charge in [-0.2, -0.15) is 0 Å². The molecule has 1 heterocycles. The maximum Gasteiger partial charge on any atom is 0.133 e. The minimum absolute atomic E-state index is 0.296. The summed E-state index contributed by atoms with van der Waals surface area (Å²) in [6.07, 6.45) is 7.61. The first-order valence-electron chi connectivity index (χ1n) is 10.6. The Morgan fingerprint density at radius 1 is 0.767 bits per heavy atom. The minimum atomic E-state index is -0.325. The summed E-state index contributed by atoms with van der Waals surface area (Å²) in [6.45, 7) is 2.21. The molecule has 0 amide bonds. The first kappa shape index (κ1) is 20.2. The predicted molar refractivity (Wildman–Crippen MR) is 120 cm³/mol. The lowest BCUT2D eigenvalue weighted by Gasteiger charge is -2.10. The monoisotopic (exact) mass is 401 g/mol. The lowest BCUT2D eigenvalue weighted by Crippen LogP contribution is -1.92. The van der Waals surface area contributed by atoms with E-state index in [1.165, 1.54) is 43.4 Å². The first-order valence-corrected chi connectivity index (χ1v) is 10.6. The highest BCUT2D eigenvalue weighted by Gasteiger charge is 2.13. The van der Waals surface area contributed by atoms with Gasteiger partial charge in [-0.3, -0.25) is 4.98 Å². The third-order valence-corrected chi connectivity index (χ3v) is 5.56. The summed E-state index contributed by atoms with van der Waals surface area (Å²) in [5, 5.41) is 1.23. The van der Waals surface area contributed by atoms with E-state index >= 15 is 0 Å². The van der Waals surface area contributed by atoms with Gasteiger partial charge in [0, 0.05) is 22.7 Å². The van der Waals surface area contributed by atoms with E-state index in [-0.39, 0.29) is 11.6 Å². The summed E-state index contributed by atoms with van der Waals surface area (Å²) in [6, 6.07) is 19.7. The highest BCUT2D eigenvalue weighted by molar-refractivity contribution is 5.95. The van der Waals surface area contributed by atoms with Crippen LogP contribution in [0.4, 0.5) is 8.78 Å². The standard InChI is InChI=1S/C27H25F2N/c1-2-3-4-5-7-19-10-12-20(13-11-19)23-18-22(14-15-24(23)28)27-26-21(16-17-30-27)8-6-9-25(26)29/h6,8-18H,2-5,7H2,1H3. The molecule has 30 heavy (non-hydrogen) atoms. The summed E-state index contributed by atoms with van der Waals surface area (Å²) in [5.41, 5.74) is 3.81. The Labute approximate surface area is 176 Å². The Hall–Kier alpha value is -3.07. The summed E-state index contributed by atoms with van der Waals surface area (Å²) in [5.74, 6) is -0.621. The number of hydrogen-bond acceptors (Lipinski definition) is 1. The van der Waals surface area contributed by atoms with E-state index in [4.69, 9.17) is 0 Å². The number of aromatic nitrogens is 1. The van der Waals surface area contributed by atoms with Crippen molar-refractivity contribution in [3.8, 4) is 22.4 Å². The third-order valence-electron chi connectivity index (χ3n) is 5.56. The second-order valence-electron chi connectivity index (χ2n) is 7.70. The van der Waals surface area contributed by atoms with E-state index in [0.29, 0.717) is 22.2 Å². The third kappa shape index (κ3) is 4.25. The lowest BCUT2D eigenvalue weighted by molar-refractivity contribution is 0.631. The number of nitrogens with zero attached hydrogens (tertiary/aromatic N) is 1. The van der Waals surface area contributed by atoms with Gasteiger partial charge in [0.15, 0.2) is 0 Å². The Kier molecular flexibility index (Phi) is 6.18. The van der Waals surface area contributed by atoms with Crippen LogP contribution in [0, 0.1) is 11.6 Å². The van der Waals surface area contributed by atoms with Gasteiger partial charge in [-0.15, -0.1) is 0 Å². The average Bonchev–Trinajstić information content (AvgIpc) is 2.77. The SMILES string of the molecule is CCCCCCc1ccc(-c2cc(-c3nccc4cccc(F)c34)ccc2F)cc1. The van der Waals surface area contributed by atoms with E-state index in [9.17, 15) is 8.78 Å². The van der Waals surface area contributed by atoms with Crippen molar-refractivity contribution in [2.45, 2.75) is 39.0 Å². The van der Waals surface area contributed by atoms with Gasteiger partial charge in [-0.1, -0.05) is 62.6 Å². The van der Waals surface area contributed by atoms with Crippen molar-refractivity contribution in [1.82, 2.24) is 4.98 Å². The molecule has 1 aromatic heterocycles. The molecular formula is C27H25F2N. The van der Waals surface area contributed by atoms with Crippen LogP contribution in [-0.4, -0.2) is 4.98 Å². The number of pyridine rings is 1. The van der Waals surface area contributed by atoms with Crippen molar-refractivity contribution in [2.24, 2.45) is 0 Å². The zero-order valence-corrected chi connectivity index (χ0v) is 17.2. The highest BCUT2D eigenvalue weighted by atomic mass is 19.1. The maximum atomic E-state index is 14.7. The number of aryl methyl sites for hydroxylation is 1. The van der Waals surface area contributed by atoms with Gasteiger partial charge in [0.1, 0.15) is 11.6 Å². The minimum Gasteiger partial charge on any atom is -0.255 e. The molecule has 0 spiro atoms. The molecule has 3 heteroatoms. The van der Waals surface area contributed by atoms with Crippen LogP contribution in [0.1, 0.15) is 38.2 Å². The van der Waals surface area contributed by atoms with Crippen molar-refractivity contribution in [3.63, 3.8) is 0 Å². The average molecular weight is 402 g/mol. The Morgan fingerprint density at radius 3 is 2.37 bits per heavy atom. The second-order valence-corrected chi connectivity index (χ2v) is 7.70. The number of rotatable bonds is 7. The molecule has 0 saturated heterocycles. The zero-order chi connectivity index (χ0) is 20.9. The van der Waals surface area contributed by atoms with Gasteiger partial charge in [-0.25, -0.2) is 8.78 Å². The van der Waals surface area contributed by atoms with E-state index in [2.05, 4.69) is 24.0 Å². The van der Waals surface area contributed by atoms with Crippen LogP contribution in [0.15, 0.2) is 72.9 Å². The molecule has 3 aromatic carbocycles. The molecule has 0 saturated carbocycles. The van der Waals surface area contributed by atoms with Gasteiger partial charge >= 0.3 is 0 Å². The number of hydrogen-bond donors (Lipinski definition) is 0. The van der Waals surface area contributed by atoms with E-state index in [0.717, 1.165) is 17.4 Å². The van der Waals surface area contributed by atoms with E-state index in [1.807, 2.05) is 18.2 Å². The summed E-state index contributed by atoms with van der Waals surface area (Å²) in [4.78, 5) is 4.40. The molecule has 0 aliphatic rings. The van der Waals surface area contributed by atoms with Crippen LogP contribution in [-0.2, 0) is 6.42 Å². The Balaban J connectivity index is 1.67. The number of fused-ring (bicyclic) bond motifs is 1. The zero-order valence-electron chi connectivity index (χ0n) is 17.2. The quantitative estimate of drug-likeness (QED) is 0.286. The molecule has 0 fully saturated rings. The van der Waals surface area contributed by atoms with Gasteiger partial charge in [0.2, 0.25) is 0 Å². The molecule has 4 rings (SSSR count). The van der Waals surface area contributed by atoms with E-state index in [1.54, 1.807) is 30.5 Å². The van der Waals surface area contributed by atoms with Crippen LogP contribution in [0.2, 0.25) is 0 Å². The molecule has 0 aliphatic carbocycles. The molecular weight excluding hydrogens is 376 g/mol. The Morgan fingerprint density at radius 2 is 1.57 bits per heavy atom. The maximum absolute atomic E-state index is 14.7. The number of halogens is 2. The highest BCUT2D eigenvalue weighted by Crippen LogP contribution is 2.33. The van der Waals surface area contributed by atoms with Gasteiger partial charge in [0.05, 0.1) is 5.69 Å². The fraction of sp³-hybridized carbons (Fsp3) is 0.222. The molecule has 0 radical (unpaired) electrons.